The Morgan fingerprint density at radius 3 is 2.52 bits per heavy atom. The molecule has 1 unspecified atom stereocenters. The number of fused-ring (bicyclic) bond motifs is 1. The molecule has 0 aliphatic rings. The van der Waals surface area contributed by atoms with Crippen LogP contribution in [0.25, 0.3) is 10.9 Å². The largest absolute Gasteiger partial charge is 0.481 e. The molecule has 2 heterocycles. The summed E-state index contributed by atoms with van der Waals surface area (Å²) < 4.78 is 26.3. The number of benzene rings is 2. The molecule has 0 saturated heterocycles. The molecule has 0 aliphatic carbocycles. The summed E-state index contributed by atoms with van der Waals surface area (Å²) in [5.41, 5.74) is 3.67. The zero-order valence-electron chi connectivity index (χ0n) is 18.2. The number of H-pyrrole nitrogens is 1. The first-order chi connectivity index (χ1) is 15.7. The molecule has 2 N–H and O–H groups in total. The Hall–Kier alpha value is -3.34. The molecule has 0 amide bonds. The van der Waals surface area contributed by atoms with Crippen molar-refractivity contribution in [1.29, 1.82) is 0 Å². The topological polar surface area (TPSA) is 87.2 Å². The molecule has 0 fully saturated rings. The number of aromatic amines is 1. The van der Waals surface area contributed by atoms with Gasteiger partial charge in [0, 0.05) is 22.7 Å². The van der Waals surface area contributed by atoms with Crippen molar-refractivity contribution in [2.24, 2.45) is 5.92 Å². The molecule has 0 aliphatic heterocycles. The van der Waals surface area contributed by atoms with Crippen molar-refractivity contribution >= 4 is 38.0 Å². The van der Waals surface area contributed by atoms with Crippen LogP contribution in [0, 0.1) is 24.7 Å². The molecular formula is C26H23NO4S2. The van der Waals surface area contributed by atoms with Crippen molar-refractivity contribution in [1.82, 2.24) is 4.98 Å². The summed E-state index contributed by atoms with van der Waals surface area (Å²) in [6.07, 6.45) is 1.77. The minimum absolute atomic E-state index is 0.132. The van der Waals surface area contributed by atoms with Crippen LogP contribution in [0.2, 0.25) is 0 Å². The molecule has 0 spiro atoms. The summed E-state index contributed by atoms with van der Waals surface area (Å²) in [6.45, 7) is 3.76. The second-order valence-electron chi connectivity index (χ2n) is 8.04. The van der Waals surface area contributed by atoms with Gasteiger partial charge < -0.3 is 10.1 Å². The van der Waals surface area contributed by atoms with Gasteiger partial charge in [-0.3, -0.25) is 4.79 Å². The zero-order chi connectivity index (χ0) is 23.6. The third-order valence-electron chi connectivity index (χ3n) is 5.70. The van der Waals surface area contributed by atoms with Crippen molar-refractivity contribution in [2.45, 2.75) is 24.0 Å². The number of aromatic nitrogens is 1. The van der Waals surface area contributed by atoms with Crippen LogP contribution in [-0.2, 0) is 14.6 Å². The lowest BCUT2D eigenvalue weighted by molar-refractivity contribution is -0.141. The number of hydrogen-bond acceptors (Lipinski definition) is 4. The van der Waals surface area contributed by atoms with Crippen molar-refractivity contribution in [3.05, 3.63) is 88.4 Å². The summed E-state index contributed by atoms with van der Waals surface area (Å²) in [4.78, 5) is 15.8. The normalized spacial score (nSPS) is 13.3. The summed E-state index contributed by atoms with van der Waals surface area (Å²) in [5, 5.41) is 10.8. The Kier molecular flexibility index (Phi) is 6.41. The number of para-hydroxylation sites is 1. The second kappa shape index (κ2) is 9.26. The minimum Gasteiger partial charge on any atom is -0.481 e. The predicted molar refractivity (Wildman–Crippen MR) is 131 cm³/mol. The van der Waals surface area contributed by atoms with Crippen molar-refractivity contribution in [3.63, 3.8) is 0 Å². The fraction of sp³-hybridized carbons (Fsp3) is 0.192. The highest BCUT2D eigenvalue weighted by Crippen LogP contribution is 2.33. The lowest BCUT2D eigenvalue weighted by Crippen LogP contribution is -2.28. The maximum atomic E-state index is 13.1. The van der Waals surface area contributed by atoms with E-state index in [1.165, 1.54) is 6.07 Å². The first-order valence-electron chi connectivity index (χ1n) is 10.4. The molecule has 2 aromatic carbocycles. The zero-order valence-corrected chi connectivity index (χ0v) is 19.8. The second-order valence-corrected chi connectivity index (χ2v) is 11.4. The number of carboxylic acid groups (broad SMARTS) is 1. The average molecular weight is 478 g/mol. The highest BCUT2D eigenvalue weighted by molar-refractivity contribution is 7.93. The third kappa shape index (κ3) is 5.03. The fourth-order valence-corrected chi connectivity index (χ4v) is 6.68. The Bertz CT molecular complexity index is 1470. The van der Waals surface area contributed by atoms with E-state index in [9.17, 15) is 18.3 Å². The molecule has 5 nitrogen and oxygen atoms in total. The Morgan fingerprint density at radius 2 is 1.79 bits per heavy atom. The van der Waals surface area contributed by atoms with E-state index in [4.69, 9.17) is 0 Å². The van der Waals surface area contributed by atoms with Gasteiger partial charge in [-0.2, -0.15) is 0 Å². The summed E-state index contributed by atoms with van der Waals surface area (Å²) >= 11 is 1.07. The highest BCUT2D eigenvalue weighted by atomic mass is 32.2. The molecule has 4 rings (SSSR count). The molecule has 0 bridgehead atoms. The summed E-state index contributed by atoms with van der Waals surface area (Å²) in [5.74, 6) is 2.85. The number of carbonyl (C=O) groups is 1. The van der Waals surface area contributed by atoms with Crippen molar-refractivity contribution in [2.75, 3.05) is 5.75 Å². The van der Waals surface area contributed by atoms with Crippen LogP contribution in [0.1, 0.15) is 34.4 Å². The number of carboxylic acids is 1. The van der Waals surface area contributed by atoms with Gasteiger partial charge in [-0.15, -0.1) is 11.3 Å². The molecular weight excluding hydrogens is 454 g/mol. The van der Waals surface area contributed by atoms with Gasteiger partial charge in [0.05, 0.1) is 16.5 Å². The van der Waals surface area contributed by atoms with E-state index in [1.807, 2.05) is 55.5 Å². The standard InChI is InChI=1S/C26H23NO4S2/c1-17-7-9-19(10-8-17)11-12-20-13-14-25(32-20)33(30,31)16-23(26(28)29)18(2)22-15-27-24-6-4-3-5-21(22)24/h3-10,13-15,18,23,27H,16H2,1-2H3,(H,28,29)/t18?,23-/m1/s1. The van der Waals surface area contributed by atoms with Gasteiger partial charge >= 0.3 is 5.97 Å². The summed E-state index contributed by atoms with van der Waals surface area (Å²) in [7, 11) is -3.80. The lowest BCUT2D eigenvalue weighted by Gasteiger charge is -2.19. The molecule has 4 aromatic rings. The van der Waals surface area contributed by atoms with Crippen LogP contribution in [0.3, 0.4) is 0 Å². The smallest absolute Gasteiger partial charge is 0.308 e. The first-order valence-corrected chi connectivity index (χ1v) is 12.9. The molecule has 2 atom stereocenters. The molecule has 0 saturated carbocycles. The SMILES string of the molecule is Cc1ccc(C#Cc2ccc(S(=O)(=O)C[C@@H](C(=O)O)C(C)c3c[nH]c4ccccc34)s2)cc1. The Balaban J connectivity index is 1.56. The predicted octanol–water partition coefficient (Wildman–Crippen LogP) is 5.22. The lowest BCUT2D eigenvalue weighted by atomic mass is 9.88. The minimum atomic E-state index is -3.80. The quantitative estimate of drug-likeness (QED) is 0.373. The average Bonchev–Trinajstić information content (AvgIpc) is 3.44. The van der Waals surface area contributed by atoms with Gasteiger partial charge in [-0.05, 0) is 48.7 Å². The van der Waals surface area contributed by atoms with E-state index in [0.717, 1.165) is 38.9 Å². The van der Waals surface area contributed by atoms with E-state index < -0.39 is 33.4 Å². The van der Waals surface area contributed by atoms with E-state index >= 15 is 0 Å². The molecule has 7 heteroatoms. The van der Waals surface area contributed by atoms with E-state index in [0.29, 0.717) is 4.88 Å². The number of thiophene rings is 1. The number of aryl methyl sites for hydroxylation is 1. The van der Waals surface area contributed by atoms with Crippen LogP contribution in [0.5, 0.6) is 0 Å². The van der Waals surface area contributed by atoms with Gasteiger partial charge in [0.2, 0.25) is 0 Å². The number of nitrogens with one attached hydrogen (secondary N) is 1. The van der Waals surface area contributed by atoms with Gasteiger partial charge in [0.15, 0.2) is 9.84 Å². The third-order valence-corrected chi connectivity index (χ3v) is 9.06. The number of rotatable bonds is 6. The first kappa shape index (κ1) is 22.8. The van der Waals surface area contributed by atoms with E-state index in [2.05, 4.69) is 16.8 Å². The number of hydrogen-bond donors (Lipinski definition) is 2. The van der Waals surface area contributed by atoms with Gasteiger partial charge in [0.25, 0.3) is 0 Å². The van der Waals surface area contributed by atoms with Crippen molar-refractivity contribution < 1.29 is 18.3 Å². The Morgan fingerprint density at radius 1 is 1.06 bits per heavy atom. The number of aliphatic carboxylic acids is 1. The van der Waals surface area contributed by atoms with Gasteiger partial charge in [0.1, 0.15) is 4.21 Å². The van der Waals surface area contributed by atoms with Crippen LogP contribution in [0.15, 0.2) is 71.1 Å². The van der Waals surface area contributed by atoms with Crippen LogP contribution >= 0.6 is 11.3 Å². The highest BCUT2D eigenvalue weighted by Gasteiger charge is 2.33. The monoisotopic (exact) mass is 477 g/mol. The maximum Gasteiger partial charge on any atom is 0.308 e. The molecule has 33 heavy (non-hydrogen) atoms. The van der Waals surface area contributed by atoms with Crippen LogP contribution < -0.4 is 0 Å². The summed E-state index contributed by atoms with van der Waals surface area (Å²) in [6, 6.07) is 18.5. The van der Waals surface area contributed by atoms with Crippen LogP contribution in [-0.4, -0.2) is 30.2 Å². The van der Waals surface area contributed by atoms with E-state index in [1.54, 1.807) is 19.2 Å². The van der Waals surface area contributed by atoms with Gasteiger partial charge in [-0.1, -0.05) is 54.7 Å². The molecule has 0 radical (unpaired) electrons. The number of sulfone groups is 1. The fourth-order valence-electron chi connectivity index (χ4n) is 3.76. The maximum absolute atomic E-state index is 13.1. The van der Waals surface area contributed by atoms with Crippen LogP contribution in [0.4, 0.5) is 0 Å². The molecule has 168 valence electrons. The van der Waals surface area contributed by atoms with Gasteiger partial charge in [-0.25, -0.2) is 8.42 Å². The van der Waals surface area contributed by atoms with Crippen molar-refractivity contribution in [3.8, 4) is 11.8 Å². The Labute approximate surface area is 197 Å². The molecule has 2 aromatic heterocycles. The van der Waals surface area contributed by atoms with E-state index in [-0.39, 0.29) is 4.21 Å².